The molecular formula is C12H16ClNO3. The highest BCUT2D eigenvalue weighted by Crippen LogP contribution is 2.27. The summed E-state index contributed by atoms with van der Waals surface area (Å²) in [5.74, 6) is -0.493. The highest BCUT2D eigenvalue weighted by Gasteiger charge is 2.15. The van der Waals surface area contributed by atoms with E-state index < -0.39 is 12.1 Å². The fourth-order valence-electron chi connectivity index (χ4n) is 1.31. The Balaban J connectivity index is 2.89. The summed E-state index contributed by atoms with van der Waals surface area (Å²) < 4.78 is 5.36. The lowest BCUT2D eigenvalue weighted by Gasteiger charge is -2.15. The second kappa shape index (κ2) is 6.47. The molecule has 0 aromatic heterocycles. The van der Waals surface area contributed by atoms with Gasteiger partial charge in [0.05, 0.1) is 0 Å². The van der Waals surface area contributed by atoms with E-state index in [1.54, 1.807) is 18.2 Å². The van der Waals surface area contributed by atoms with Crippen molar-refractivity contribution in [1.29, 1.82) is 0 Å². The van der Waals surface area contributed by atoms with Crippen LogP contribution in [0.25, 0.3) is 0 Å². The maximum atomic E-state index is 10.7. The van der Waals surface area contributed by atoms with Crippen molar-refractivity contribution in [3.05, 3.63) is 28.8 Å². The van der Waals surface area contributed by atoms with E-state index in [1.807, 2.05) is 6.92 Å². The zero-order chi connectivity index (χ0) is 12.8. The number of hydrogen-bond donors (Lipinski definition) is 2. The molecule has 2 N–H and O–H groups in total. The molecule has 94 valence electrons. The lowest BCUT2D eigenvalue weighted by Crippen LogP contribution is -2.24. The summed E-state index contributed by atoms with van der Waals surface area (Å²) in [6, 6.07) is 5.21. The Labute approximate surface area is 106 Å². The number of nitrogens with one attached hydrogen (secondary N) is 1. The van der Waals surface area contributed by atoms with Gasteiger partial charge >= 0.3 is 5.97 Å². The van der Waals surface area contributed by atoms with Crippen LogP contribution in [0.4, 0.5) is 0 Å². The third-order valence-corrected chi connectivity index (χ3v) is 2.63. The summed E-state index contributed by atoms with van der Waals surface area (Å²) in [6.45, 7) is 4.83. The maximum Gasteiger partial charge on any atom is 0.344 e. The number of aliphatic carboxylic acids is 1. The van der Waals surface area contributed by atoms with Crippen LogP contribution in [0.3, 0.4) is 0 Å². The summed E-state index contributed by atoms with van der Waals surface area (Å²) in [4.78, 5) is 10.7. The molecule has 1 aromatic rings. The molecule has 1 aromatic carbocycles. The number of hydrogen-bond acceptors (Lipinski definition) is 3. The van der Waals surface area contributed by atoms with Gasteiger partial charge in [-0.15, -0.1) is 0 Å². The van der Waals surface area contributed by atoms with Crippen LogP contribution in [0.5, 0.6) is 5.75 Å². The fraction of sp³-hybridized carbons (Fsp3) is 0.417. The normalized spacial score (nSPS) is 12.2. The minimum absolute atomic E-state index is 0.508. The lowest BCUT2D eigenvalue weighted by atomic mass is 10.2. The SMILES string of the molecule is CCNCc1c(Cl)cccc1OC(C)C(=O)O. The molecule has 0 radical (unpaired) electrons. The van der Waals surface area contributed by atoms with E-state index in [9.17, 15) is 4.79 Å². The predicted octanol–water partition coefficient (Wildman–Crippen LogP) is 2.30. The average molecular weight is 258 g/mol. The first-order chi connectivity index (χ1) is 8.06. The Hall–Kier alpha value is -1.26. The first-order valence-electron chi connectivity index (χ1n) is 5.43. The smallest absolute Gasteiger partial charge is 0.344 e. The van der Waals surface area contributed by atoms with Crippen molar-refractivity contribution in [2.24, 2.45) is 0 Å². The summed E-state index contributed by atoms with van der Waals surface area (Å²) in [7, 11) is 0. The van der Waals surface area contributed by atoms with Crippen LogP contribution in [0.15, 0.2) is 18.2 Å². The van der Waals surface area contributed by atoms with Gasteiger partial charge in [0.25, 0.3) is 0 Å². The number of carboxylic acids is 1. The average Bonchev–Trinajstić information content (AvgIpc) is 2.28. The Morgan fingerprint density at radius 1 is 1.59 bits per heavy atom. The van der Waals surface area contributed by atoms with E-state index in [1.165, 1.54) is 6.92 Å². The summed E-state index contributed by atoms with van der Waals surface area (Å²) >= 11 is 6.06. The predicted molar refractivity (Wildman–Crippen MR) is 66.6 cm³/mol. The molecule has 17 heavy (non-hydrogen) atoms. The molecule has 0 saturated carbocycles. The van der Waals surface area contributed by atoms with Gasteiger partial charge in [0.1, 0.15) is 5.75 Å². The summed E-state index contributed by atoms with van der Waals surface area (Å²) in [6.07, 6.45) is -0.895. The Morgan fingerprint density at radius 3 is 2.88 bits per heavy atom. The second-order valence-corrected chi connectivity index (χ2v) is 4.00. The van der Waals surface area contributed by atoms with Gasteiger partial charge in [-0.1, -0.05) is 24.6 Å². The molecule has 1 rings (SSSR count). The zero-order valence-electron chi connectivity index (χ0n) is 9.87. The van der Waals surface area contributed by atoms with Crippen molar-refractivity contribution >= 4 is 17.6 Å². The van der Waals surface area contributed by atoms with Crippen LogP contribution < -0.4 is 10.1 Å². The van der Waals surface area contributed by atoms with Crippen LogP contribution in [0.2, 0.25) is 5.02 Å². The maximum absolute atomic E-state index is 10.7. The van der Waals surface area contributed by atoms with Gasteiger partial charge in [0.15, 0.2) is 6.10 Å². The number of carboxylic acid groups (broad SMARTS) is 1. The van der Waals surface area contributed by atoms with E-state index in [0.717, 1.165) is 12.1 Å². The molecule has 0 saturated heterocycles. The van der Waals surface area contributed by atoms with Gasteiger partial charge in [0, 0.05) is 17.1 Å². The molecule has 0 aliphatic heterocycles. The molecule has 1 unspecified atom stereocenters. The highest BCUT2D eigenvalue weighted by molar-refractivity contribution is 6.31. The number of halogens is 1. The van der Waals surface area contributed by atoms with Crippen LogP contribution in [0, 0.1) is 0 Å². The van der Waals surface area contributed by atoms with Crippen molar-refractivity contribution < 1.29 is 14.6 Å². The molecule has 4 nitrogen and oxygen atoms in total. The molecule has 0 amide bonds. The van der Waals surface area contributed by atoms with E-state index in [-0.39, 0.29) is 0 Å². The minimum atomic E-state index is -1.00. The van der Waals surface area contributed by atoms with Gasteiger partial charge in [-0.25, -0.2) is 4.79 Å². The number of carbonyl (C=O) groups is 1. The Bertz CT molecular complexity index is 395. The Kier molecular flexibility index (Phi) is 5.25. The molecule has 1 atom stereocenters. The van der Waals surface area contributed by atoms with Crippen molar-refractivity contribution in [2.45, 2.75) is 26.5 Å². The monoisotopic (exact) mass is 257 g/mol. The van der Waals surface area contributed by atoms with Crippen molar-refractivity contribution in [3.63, 3.8) is 0 Å². The van der Waals surface area contributed by atoms with Crippen LogP contribution in [-0.4, -0.2) is 23.7 Å². The molecule has 0 aliphatic rings. The molecule has 0 spiro atoms. The Morgan fingerprint density at radius 2 is 2.29 bits per heavy atom. The number of benzene rings is 1. The molecule has 0 aliphatic carbocycles. The standard InChI is InChI=1S/C12H16ClNO3/c1-3-14-7-9-10(13)5-4-6-11(9)17-8(2)12(15)16/h4-6,8,14H,3,7H2,1-2H3,(H,15,16). The van der Waals surface area contributed by atoms with Crippen LogP contribution in [0.1, 0.15) is 19.4 Å². The molecular weight excluding hydrogens is 242 g/mol. The molecule has 5 heteroatoms. The van der Waals surface area contributed by atoms with Crippen molar-refractivity contribution in [3.8, 4) is 5.75 Å². The fourth-order valence-corrected chi connectivity index (χ4v) is 1.54. The first kappa shape index (κ1) is 13.8. The highest BCUT2D eigenvalue weighted by atomic mass is 35.5. The third kappa shape index (κ3) is 3.91. The van der Waals surface area contributed by atoms with Gasteiger partial charge < -0.3 is 15.2 Å². The molecule has 0 bridgehead atoms. The lowest BCUT2D eigenvalue weighted by molar-refractivity contribution is -0.144. The van der Waals surface area contributed by atoms with Gasteiger partial charge in [0.2, 0.25) is 0 Å². The van der Waals surface area contributed by atoms with Gasteiger partial charge in [-0.05, 0) is 25.6 Å². The first-order valence-corrected chi connectivity index (χ1v) is 5.81. The molecule has 0 fully saturated rings. The number of rotatable bonds is 6. The van der Waals surface area contributed by atoms with Crippen LogP contribution >= 0.6 is 11.6 Å². The number of ether oxygens (including phenoxy) is 1. The summed E-state index contributed by atoms with van der Waals surface area (Å²) in [5.41, 5.74) is 0.782. The largest absolute Gasteiger partial charge is 0.479 e. The second-order valence-electron chi connectivity index (χ2n) is 3.60. The van der Waals surface area contributed by atoms with E-state index in [4.69, 9.17) is 21.4 Å². The van der Waals surface area contributed by atoms with E-state index in [0.29, 0.717) is 17.3 Å². The summed E-state index contributed by atoms with van der Waals surface area (Å²) in [5, 5.41) is 12.5. The molecule has 0 heterocycles. The van der Waals surface area contributed by atoms with Crippen molar-refractivity contribution in [2.75, 3.05) is 6.54 Å². The van der Waals surface area contributed by atoms with Gasteiger partial charge in [-0.3, -0.25) is 0 Å². The van der Waals surface area contributed by atoms with E-state index in [2.05, 4.69) is 5.32 Å². The topological polar surface area (TPSA) is 58.6 Å². The zero-order valence-corrected chi connectivity index (χ0v) is 10.6. The van der Waals surface area contributed by atoms with Crippen molar-refractivity contribution in [1.82, 2.24) is 5.32 Å². The van der Waals surface area contributed by atoms with Crippen LogP contribution in [-0.2, 0) is 11.3 Å². The minimum Gasteiger partial charge on any atom is -0.479 e. The third-order valence-electron chi connectivity index (χ3n) is 2.28. The van der Waals surface area contributed by atoms with Gasteiger partial charge in [-0.2, -0.15) is 0 Å². The quantitative estimate of drug-likeness (QED) is 0.821. The van der Waals surface area contributed by atoms with E-state index >= 15 is 0 Å².